The van der Waals surface area contributed by atoms with Crippen LogP contribution in [-0.4, -0.2) is 70.4 Å². The van der Waals surface area contributed by atoms with E-state index in [4.69, 9.17) is 11.5 Å². The number of fused-ring (bicyclic) bond motifs is 1. The molecule has 13 heteroatoms. The highest BCUT2D eigenvalue weighted by Gasteiger charge is 2.29. The molecule has 1 aromatic carbocycles. The lowest BCUT2D eigenvalue weighted by Gasteiger charge is -2.24. The Labute approximate surface area is 213 Å². The van der Waals surface area contributed by atoms with Crippen molar-refractivity contribution in [3.8, 4) is 0 Å². The molecular formula is C24H33N7O6. The van der Waals surface area contributed by atoms with Gasteiger partial charge in [-0.2, -0.15) is 0 Å². The van der Waals surface area contributed by atoms with Crippen molar-refractivity contribution in [2.75, 3.05) is 6.54 Å². The summed E-state index contributed by atoms with van der Waals surface area (Å²) in [5, 5.41) is 20.8. The smallest absolute Gasteiger partial charge is 0.245 e. The molecule has 10 N–H and O–H groups in total. The van der Waals surface area contributed by atoms with Gasteiger partial charge in [0.05, 0.1) is 12.6 Å². The third-order valence-electron chi connectivity index (χ3n) is 5.58. The van der Waals surface area contributed by atoms with E-state index >= 15 is 0 Å². The van der Waals surface area contributed by atoms with Gasteiger partial charge in [0.25, 0.3) is 0 Å². The summed E-state index contributed by atoms with van der Waals surface area (Å²) in [5.74, 6) is -3.58. The lowest BCUT2D eigenvalue weighted by Crippen LogP contribution is -2.56. The number of aromatic nitrogens is 1. The Hall–Kier alpha value is -4.39. The summed E-state index contributed by atoms with van der Waals surface area (Å²) in [6.07, 6.45) is 1.71. The molecule has 2 aromatic rings. The predicted octanol–water partition coefficient (Wildman–Crippen LogP) is -1.97. The normalized spacial score (nSPS) is 14.0. The zero-order valence-corrected chi connectivity index (χ0v) is 20.5. The highest BCUT2D eigenvalue weighted by Crippen LogP contribution is 2.19. The van der Waals surface area contributed by atoms with Gasteiger partial charge in [-0.1, -0.05) is 24.8 Å². The van der Waals surface area contributed by atoms with E-state index in [0.29, 0.717) is 0 Å². The number of benzene rings is 1. The second kappa shape index (κ2) is 13.6. The SMILES string of the molecule is C=CNC(C(=O)NC(Cc1c[nH]c2ccccc12)C(=O)NCC(=O)NC(CCC(N)=O)C(N)=O)C(C)O. The van der Waals surface area contributed by atoms with Crippen LogP contribution in [0.1, 0.15) is 25.3 Å². The van der Waals surface area contributed by atoms with Gasteiger partial charge in [0, 0.05) is 29.9 Å². The number of carbonyl (C=O) groups is 5. The second-order valence-corrected chi connectivity index (χ2v) is 8.46. The number of rotatable bonds is 15. The molecular weight excluding hydrogens is 482 g/mol. The molecule has 1 heterocycles. The number of nitrogens with two attached hydrogens (primary N) is 2. The summed E-state index contributed by atoms with van der Waals surface area (Å²) in [6.45, 7) is 4.38. The largest absolute Gasteiger partial charge is 0.391 e. The van der Waals surface area contributed by atoms with Crippen molar-refractivity contribution in [3.05, 3.63) is 48.8 Å². The molecule has 0 bridgehead atoms. The minimum atomic E-state index is -1.14. The van der Waals surface area contributed by atoms with E-state index in [1.165, 1.54) is 13.1 Å². The predicted molar refractivity (Wildman–Crippen MR) is 135 cm³/mol. The average Bonchev–Trinajstić information content (AvgIpc) is 3.25. The molecule has 0 aliphatic carbocycles. The van der Waals surface area contributed by atoms with Gasteiger partial charge in [-0.15, -0.1) is 0 Å². The number of nitrogens with one attached hydrogen (secondary N) is 5. The molecule has 2 rings (SSSR count). The van der Waals surface area contributed by atoms with Crippen LogP contribution in [0.2, 0.25) is 0 Å². The first kappa shape index (κ1) is 28.8. The third-order valence-corrected chi connectivity index (χ3v) is 5.58. The molecule has 1 aromatic heterocycles. The van der Waals surface area contributed by atoms with Gasteiger partial charge in [-0.05, 0) is 31.2 Å². The Kier molecular flexibility index (Phi) is 10.6. The number of aliphatic hydroxyl groups is 1. The molecule has 0 saturated heterocycles. The van der Waals surface area contributed by atoms with Gasteiger partial charge in [0.1, 0.15) is 18.1 Å². The number of hydrogen-bond acceptors (Lipinski definition) is 7. The van der Waals surface area contributed by atoms with Crippen LogP contribution in [0.4, 0.5) is 0 Å². The Bertz CT molecular complexity index is 1150. The highest BCUT2D eigenvalue weighted by atomic mass is 16.3. The molecule has 200 valence electrons. The minimum absolute atomic E-state index is 0.0757. The fraction of sp³-hybridized carbons (Fsp3) is 0.375. The summed E-state index contributed by atoms with van der Waals surface area (Å²) in [7, 11) is 0. The zero-order chi connectivity index (χ0) is 27.5. The maximum absolute atomic E-state index is 13.1. The van der Waals surface area contributed by atoms with Crippen LogP contribution < -0.4 is 32.7 Å². The standard InChI is InChI=1S/C24H33N7O6/c1-3-27-21(13(2)32)24(37)31-18(10-14-11-28-16-7-5-4-6-15(14)16)23(36)29-12-20(34)30-17(22(26)35)8-9-19(25)33/h3-7,11,13,17-18,21,27-28,32H,1,8-10,12H2,2H3,(H2,25,33)(H2,26,35)(H,29,36)(H,30,34)(H,31,37). The maximum atomic E-state index is 13.1. The van der Waals surface area contributed by atoms with Crippen LogP contribution >= 0.6 is 0 Å². The molecule has 4 unspecified atom stereocenters. The molecule has 5 amide bonds. The number of para-hydroxylation sites is 1. The summed E-state index contributed by atoms with van der Waals surface area (Å²) >= 11 is 0. The van der Waals surface area contributed by atoms with Crippen molar-refractivity contribution < 1.29 is 29.1 Å². The molecule has 0 spiro atoms. The minimum Gasteiger partial charge on any atom is -0.391 e. The van der Waals surface area contributed by atoms with E-state index in [-0.39, 0.29) is 19.3 Å². The molecule has 0 saturated carbocycles. The lowest BCUT2D eigenvalue weighted by atomic mass is 10.0. The highest BCUT2D eigenvalue weighted by molar-refractivity contribution is 5.94. The topological polar surface area (TPSA) is 222 Å². The van der Waals surface area contributed by atoms with Crippen molar-refractivity contribution in [2.45, 2.75) is 50.4 Å². The third kappa shape index (κ3) is 8.65. The van der Waals surface area contributed by atoms with Gasteiger partial charge < -0.3 is 42.8 Å². The van der Waals surface area contributed by atoms with Gasteiger partial charge in [-0.25, -0.2) is 0 Å². The van der Waals surface area contributed by atoms with E-state index in [1.807, 2.05) is 24.3 Å². The van der Waals surface area contributed by atoms with Crippen LogP contribution in [0.25, 0.3) is 10.9 Å². The number of H-pyrrole nitrogens is 1. The van der Waals surface area contributed by atoms with Gasteiger partial charge in [0.2, 0.25) is 29.5 Å². The molecule has 0 radical (unpaired) electrons. The van der Waals surface area contributed by atoms with Crippen molar-refractivity contribution in [3.63, 3.8) is 0 Å². The molecule has 0 aliphatic heterocycles. The van der Waals surface area contributed by atoms with E-state index < -0.39 is 60.3 Å². The van der Waals surface area contributed by atoms with Gasteiger partial charge in [-0.3, -0.25) is 24.0 Å². The first-order chi connectivity index (χ1) is 17.5. The Morgan fingerprint density at radius 3 is 2.41 bits per heavy atom. The number of amides is 5. The summed E-state index contributed by atoms with van der Waals surface area (Å²) in [4.78, 5) is 63.8. The molecule has 0 fully saturated rings. The molecule has 13 nitrogen and oxygen atoms in total. The monoisotopic (exact) mass is 515 g/mol. The van der Waals surface area contributed by atoms with Crippen molar-refractivity contribution in [1.82, 2.24) is 26.3 Å². The van der Waals surface area contributed by atoms with E-state index in [9.17, 15) is 29.1 Å². The fourth-order valence-electron chi connectivity index (χ4n) is 3.66. The molecule has 0 aliphatic rings. The molecule has 37 heavy (non-hydrogen) atoms. The Morgan fingerprint density at radius 2 is 1.78 bits per heavy atom. The van der Waals surface area contributed by atoms with E-state index in [0.717, 1.165) is 16.5 Å². The van der Waals surface area contributed by atoms with Crippen LogP contribution in [-0.2, 0) is 30.4 Å². The summed E-state index contributed by atoms with van der Waals surface area (Å²) < 4.78 is 0. The van der Waals surface area contributed by atoms with Crippen LogP contribution in [0.5, 0.6) is 0 Å². The van der Waals surface area contributed by atoms with E-state index in [2.05, 4.69) is 32.8 Å². The van der Waals surface area contributed by atoms with Crippen molar-refractivity contribution in [1.29, 1.82) is 0 Å². The number of primary amides is 2. The van der Waals surface area contributed by atoms with Gasteiger partial charge >= 0.3 is 0 Å². The second-order valence-electron chi connectivity index (χ2n) is 8.46. The van der Waals surface area contributed by atoms with Crippen LogP contribution in [0, 0.1) is 0 Å². The molecule has 4 atom stereocenters. The van der Waals surface area contributed by atoms with E-state index in [1.54, 1.807) is 6.20 Å². The van der Waals surface area contributed by atoms with Crippen LogP contribution in [0.15, 0.2) is 43.2 Å². The number of aromatic amines is 1. The average molecular weight is 516 g/mol. The first-order valence-electron chi connectivity index (χ1n) is 11.6. The Morgan fingerprint density at radius 1 is 1.08 bits per heavy atom. The van der Waals surface area contributed by atoms with Gasteiger partial charge in [0.15, 0.2) is 0 Å². The van der Waals surface area contributed by atoms with Crippen LogP contribution in [0.3, 0.4) is 0 Å². The number of carbonyl (C=O) groups excluding carboxylic acids is 5. The maximum Gasteiger partial charge on any atom is 0.245 e. The lowest BCUT2D eigenvalue weighted by molar-refractivity contribution is -0.132. The van der Waals surface area contributed by atoms with Crippen molar-refractivity contribution in [2.24, 2.45) is 11.5 Å². The fourth-order valence-corrected chi connectivity index (χ4v) is 3.66. The first-order valence-corrected chi connectivity index (χ1v) is 11.6. The summed E-state index contributed by atoms with van der Waals surface area (Å²) in [6, 6.07) is 4.08. The number of aliphatic hydroxyl groups excluding tert-OH is 1. The quantitative estimate of drug-likeness (QED) is 0.133. The van der Waals surface area contributed by atoms with Crippen molar-refractivity contribution >= 4 is 40.4 Å². The Balaban J connectivity index is 2.14. The number of hydrogen-bond donors (Lipinski definition) is 8. The zero-order valence-electron chi connectivity index (χ0n) is 20.5. The summed E-state index contributed by atoms with van der Waals surface area (Å²) in [5.41, 5.74) is 11.9.